The second kappa shape index (κ2) is 1.62. The van der Waals surface area contributed by atoms with Crippen LogP contribution in [0.15, 0.2) is 11.3 Å². The fraction of sp³-hybridized carbons (Fsp3) is 0.400. The number of hydrogen-bond donors (Lipinski definition) is 0. The summed E-state index contributed by atoms with van der Waals surface area (Å²) in [6.07, 6.45) is 3.51. The first-order valence-corrected chi connectivity index (χ1v) is 2.75. The van der Waals surface area contributed by atoms with Gasteiger partial charge in [-0.2, -0.15) is 0 Å². The zero-order chi connectivity index (χ0) is 5.28. The Balaban J connectivity index is 2.72. The molecule has 2 heteroatoms. The molecule has 0 saturated heterocycles. The van der Waals surface area contributed by atoms with Crippen molar-refractivity contribution < 1.29 is 4.79 Å². The number of ketones is 1. The summed E-state index contributed by atoms with van der Waals surface area (Å²) in [6.45, 7) is 0. The molecule has 0 aromatic rings. The van der Waals surface area contributed by atoms with Crippen LogP contribution >= 0.6 is 0 Å². The monoisotopic (exact) mass is 109 g/mol. The second-order valence-corrected chi connectivity index (χ2v) is 2.12. The van der Waals surface area contributed by atoms with Gasteiger partial charge in [0.2, 0.25) is 0 Å². The largest absolute Gasteiger partial charge is 0.295 e. The van der Waals surface area contributed by atoms with Crippen LogP contribution in [0, 0.1) is 0 Å². The molecule has 0 atom stereocenters. The Kier molecular flexibility index (Phi) is 1.10. The lowest BCUT2D eigenvalue weighted by Crippen LogP contribution is -1.92. The fourth-order valence-electron chi connectivity index (χ4n) is 0.596. The summed E-state index contributed by atoms with van der Waals surface area (Å²) < 4.78 is 0. The van der Waals surface area contributed by atoms with Crippen molar-refractivity contribution >= 4 is 16.0 Å². The van der Waals surface area contributed by atoms with Crippen molar-refractivity contribution in [1.82, 2.24) is 0 Å². The number of rotatable bonds is 0. The molecule has 1 rings (SSSR count). The summed E-state index contributed by atoms with van der Waals surface area (Å²) >= 11 is 0. The van der Waals surface area contributed by atoms with Crippen LogP contribution in [0.3, 0.4) is 0 Å². The van der Waals surface area contributed by atoms with Crippen molar-refractivity contribution in [3.63, 3.8) is 0 Å². The van der Waals surface area contributed by atoms with E-state index >= 15 is 0 Å². The zero-order valence-corrected chi connectivity index (χ0v) is 4.90. The van der Waals surface area contributed by atoms with Gasteiger partial charge >= 0.3 is 0 Å². The minimum atomic E-state index is 0.233. The Labute approximate surface area is 45.8 Å². The molecule has 0 heterocycles. The maximum absolute atomic E-state index is 10.5. The molecule has 0 N–H and O–H groups in total. The van der Waals surface area contributed by atoms with Crippen LogP contribution in [0.5, 0.6) is 0 Å². The highest BCUT2D eigenvalue weighted by Crippen LogP contribution is 2.08. The van der Waals surface area contributed by atoms with E-state index in [0.29, 0.717) is 6.42 Å². The van der Waals surface area contributed by atoms with Gasteiger partial charge in [-0.25, -0.2) is 0 Å². The lowest BCUT2D eigenvalue weighted by Gasteiger charge is -1.80. The smallest absolute Gasteiger partial charge is 0.154 e. The molecule has 0 spiro atoms. The maximum Gasteiger partial charge on any atom is 0.154 e. The average Bonchev–Trinajstić information content (AvgIpc) is 1.91. The molecule has 0 fully saturated rings. The van der Waals surface area contributed by atoms with Crippen LogP contribution in [-0.2, 0) is 4.79 Å². The molecule has 0 aliphatic heterocycles. The molecule has 1 aliphatic carbocycles. The first kappa shape index (κ1) is 4.78. The van der Waals surface area contributed by atoms with Crippen molar-refractivity contribution in [2.24, 2.45) is 0 Å². The van der Waals surface area contributed by atoms with E-state index in [4.69, 9.17) is 0 Å². The number of carbonyl (C=O) groups excluding carboxylic acids is 1. The molecule has 0 amide bonds. The first-order chi connectivity index (χ1) is 3.30. The summed E-state index contributed by atoms with van der Waals surface area (Å²) in [5.74, 6) is 0.233. The van der Waals surface area contributed by atoms with Gasteiger partial charge in [0.15, 0.2) is 5.78 Å². The lowest BCUT2D eigenvalue weighted by molar-refractivity contribution is -0.114. The van der Waals surface area contributed by atoms with E-state index in [9.17, 15) is 4.79 Å². The van der Waals surface area contributed by atoms with E-state index in [-0.39, 0.29) is 5.78 Å². The maximum atomic E-state index is 10.5. The third-order valence-corrected chi connectivity index (χ3v) is 1.50. The summed E-state index contributed by atoms with van der Waals surface area (Å²) in [5, 5.41) is 0.750. The summed E-state index contributed by atoms with van der Waals surface area (Å²) in [6, 6.07) is 0. The molecule has 1 nitrogen and oxygen atoms in total. The van der Waals surface area contributed by atoms with Crippen molar-refractivity contribution in [3.8, 4) is 0 Å². The Morgan fingerprint density at radius 1 is 1.71 bits per heavy atom. The van der Waals surface area contributed by atoms with E-state index in [0.717, 1.165) is 11.6 Å². The highest BCUT2D eigenvalue weighted by Gasteiger charge is 2.08. The van der Waals surface area contributed by atoms with Gasteiger partial charge in [-0.05, 0) is 11.6 Å². The quantitative estimate of drug-likeness (QED) is 0.411. The highest BCUT2D eigenvalue weighted by molar-refractivity contribution is 6.37. The Hall–Kier alpha value is -0.373. The van der Waals surface area contributed by atoms with E-state index in [2.05, 4.69) is 10.2 Å². The number of Topliss-reactive ketones (excluding diaryl/α,β-unsaturated/α-hetero) is 1. The third-order valence-electron chi connectivity index (χ3n) is 1.02. The van der Waals surface area contributed by atoms with Crippen molar-refractivity contribution in [1.29, 1.82) is 0 Å². The minimum Gasteiger partial charge on any atom is -0.295 e. The molecule has 0 aromatic carbocycles. The van der Waals surface area contributed by atoms with E-state index < -0.39 is 0 Å². The summed E-state index contributed by atoms with van der Waals surface area (Å²) in [5.41, 5.74) is 0. The first-order valence-electron chi connectivity index (χ1n) is 2.25. The van der Waals surface area contributed by atoms with E-state index in [1.807, 2.05) is 6.08 Å². The van der Waals surface area contributed by atoms with Crippen LogP contribution in [0.1, 0.15) is 12.8 Å². The van der Waals surface area contributed by atoms with Gasteiger partial charge in [-0.1, -0.05) is 6.08 Å². The molecular formula is C5H5OSi. The van der Waals surface area contributed by atoms with Crippen molar-refractivity contribution in [3.05, 3.63) is 11.3 Å². The number of carbonyl (C=O) groups is 1. The van der Waals surface area contributed by atoms with Gasteiger partial charge in [0.1, 0.15) is 0 Å². The van der Waals surface area contributed by atoms with Crippen molar-refractivity contribution in [2.75, 3.05) is 0 Å². The fourth-order valence-corrected chi connectivity index (χ4v) is 0.865. The Bertz CT molecular complexity index is 126. The molecule has 3 radical (unpaired) electrons. The normalized spacial score (nSPS) is 20.1. The summed E-state index contributed by atoms with van der Waals surface area (Å²) in [7, 11) is 3.16. The molecule has 7 heavy (non-hydrogen) atoms. The Morgan fingerprint density at radius 2 is 2.43 bits per heavy atom. The Morgan fingerprint density at radius 3 is 2.57 bits per heavy atom. The van der Waals surface area contributed by atoms with Gasteiger partial charge in [0.05, 0.1) is 10.2 Å². The van der Waals surface area contributed by atoms with Gasteiger partial charge in [0.25, 0.3) is 0 Å². The van der Waals surface area contributed by atoms with Gasteiger partial charge in [-0.15, -0.1) is 0 Å². The third kappa shape index (κ3) is 0.799. The highest BCUT2D eigenvalue weighted by atomic mass is 28.1. The predicted molar refractivity (Wildman–Crippen MR) is 28.1 cm³/mol. The van der Waals surface area contributed by atoms with Gasteiger partial charge < -0.3 is 0 Å². The number of allylic oxidation sites excluding steroid dienone is 2. The number of hydrogen-bond acceptors (Lipinski definition) is 1. The molecule has 35 valence electrons. The molecule has 1 aliphatic rings. The van der Waals surface area contributed by atoms with E-state index in [1.165, 1.54) is 0 Å². The van der Waals surface area contributed by atoms with Gasteiger partial charge in [0, 0.05) is 6.42 Å². The topological polar surface area (TPSA) is 17.1 Å². The minimum absolute atomic E-state index is 0.233. The molecule has 0 unspecified atom stereocenters. The molecule has 0 aromatic heterocycles. The van der Waals surface area contributed by atoms with Crippen LogP contribution in [0.2, 0.25) is 0 Å². The van der Waals surface area contributed by atoms with E-state index in [1.54, 1.807) is 0 Å². The zero-order valence-electron chi connectivity index (χ0n) is 3.90. The second-order valence-electron chi connectivity index (χ2n) is 1.58. The molecule has 0 saturated carbocycles. The van der Waals surface area contributed by atoms with Crippen molar-refractivity contribution in [2.45, 2.75) is 12.8 Å². The standard InChI is InChI=1S/C5H5OSi/c6-4-2-1-3-5(4)7/h3H,1-2H2. The van der Waals surface area contributed by atoms with Gasteiger partial charge in [-0.3, -0.25) is 4.79 Å². The lowest BCUT2D eigenvalue weighted by atomic mass is 10.3. The van der Waals surface area contributed by atoms with Crippen LogP contribution in [0.25, 0.3) is 0 Å². The molecule has 0 bridgehead atoms. The van der Waals surface area contributed by atoms with Crippen LogP contribution in [0.4, 0.5) is 0 Å². The van der Waals surface area contributed by atoms with Crippen LogP contribution in [-0.4, -0.2) is 16.0 Å². The average molecular weight is 109 g/mol. The van der Waals surface area contributed by atoms with Crippen LogP contribution < -0.4 is 0 Å². The summed E-state index contributed by atoms with van der Waals surface area (Å²) in [4.78, 5) is 10.5. The predicted octanol–water partition coefficient (Wildman–Crippen LogP) is 0.402. The molecular weight excluding hydrogens is 104 g/mol. The SMILES string of the molecule is O=C1CCC=C1[Si].